The third kappa shape index (κ3) is 1.49. The van der Waals surface area contributed by atoms with Gasteiger partial charge in [0.2, 0.25) is 0 Å². The van der Waals surface area contributed by atoms with E-state index in [4.69, 9.17) is 0 Å². The van der Waals surface area contributed by atoms with Gasteiger partial charge in [-0.15, -0.1) is 11.3 Å². The van der Waals surface area contributed by atoms with Crippen LogP contribution >= 0.6 is 27.3 Å². The zero-order valence-electron chi connectivity index (χ0n) is 6.38. The Morgan fingerprint density at radius 2 is 2.36 bits per heavy atom. The average Bonchev–Trinajstić information content (AvgIpc) is 2.29. The van der Waals surface area contributed by atoms with E-state index in [-0.39, 0.29) is 0 Å². The van der Waals surface area contributed by atoms with E-state index in [2.05, 4.69) is 27.8 Å². The van der Waals surface area contributed by atoms with Crippen molar-refractivity contribution >= 4 is 27.3 Å². The van der Waals surface area contributed by atoms with Crippen LogP contribution in [0.25, 0.3) is 0 Å². The Labute approximate surface area is 79.0 Å². The Hall–Kier alpha value is 0.110. The van der Waals surface area contributed by atoms with Gasteiger partial charge in [-0.05, 0) is 34.7 Å². The largest absolute Gasteiger partial charge is 0.248 e. The van der Waals surface area contributed by atoms with Gasteiger partial charge < -0.3 is 0 Å². The van der Waals surface area contributed by atoms with E-state index in [1.807, 2.05) is 6.20 Å². The lowest BCUT2D eigenvalue weighted by atomic mass is 9.77. The molecule has 0 bridgehead atoms. The number of nitrogens with zero attached hydrogens (tertiary/aromatic N) is 1. The molecule has 0 radical (unpaired) electrons. The lowest BCUT2D eigenvalue weighted by molar-refractivity contribution is 0.288. The Morgan fingerprint density at radius 3 is 2.82 bits per heavy atom. The molecule has 0 aromatic carbocycles. The van der Waals surface area contributed by atoms with E-state index in [9.17, 15) is 0 Å². The van der Waals surface area contributed by atoms with E-state index in [1.54, 1.807) is 11.3 Å². The lowest BCUT2D eigenvalue weighted by Crippen LogP contribution is -2.18. The van der Waals surface area contributed by atoms with E-state index >= 15 is 0 Å². The summed E-state index contributed by atoms with van der Waals surface area (Å²) in [5.41, 5.74) is 0. The van der Waals surface area contributed by atoms with E-state index < -0.39 is 0 Å². The van der Waals surface area contributed by atoms with Crippen molar-refractivity contribution in [2.75, 3.05) is 0 Å². The average molecular weight is 232 g/mol. The van der Waals surface area contributed by atoms with Gasteiger partial charge in [0.15, 0.2) is 0 Å². The van der Waals surface area contributed by atoms with Crippen LogP contribution in [0.1, 0.15) is 30.7 Å². The topological polar surface area (TPSA) is 12.9 Å². The molecule has 3 heteroatoms. The Balaban J connectivity index is 2.07. The monoisotopic (exact) mass is 231 g/mol. The van der Waals surface area contributed by atoms with Gasteiger partial charge in [-0.3, -0.25) is 0 Å². The number of thiazole rings is 1. The summed E-state index contributed by atoms with van der Waals surface area (Å²) in [6.45, 7) is 2.30. The van der Waals surface area contributed by atoms with Gasteiger partial charge >= 0.3 is 0 Å². The highest BCUT2D eigenvalue weighted by Gasteiger charge is 2.28. The molecule has 1 heterocycles. The minimum atomic E-state index is 0.765. The van der Waals surface area contributed by atoms with Crippen molar-refractivity contribution in [2.24, 2.45) is 5.92 Å². The second kappa shape index (κ2) is 2.87. The fourth-order valence-corrected chi connectivity index (χ4v) is 2.93. The molecule has 1 aromatic rings. The molecule has 1 aromatic heterocycles. The fourth-order valence-electron chi connectivity index (χ4n) is 1.56. The van der Waals surface area contributed by atoms with Crippen LogP contribution in [0.15, 0.2) is 9.98 Å². The van der Waals surface area contributed by atoms with Crippen molar-refractivity contribution in [2.45, 2.75) is 25.7 Å². The van der Waals surface area contributed by atoms with Crippen LogP contribution in [0.3, 0.4) is 0 Å². The summed E-state index contributed by atoms with van der Waals surface area (Å²) in [5, 5.41) is 1.31. The highest BCUT2D eigenvalue weighted by molar-refractivity contribution is 9.11. The summed E-state index contributed by atoms with van der Waals surface area (Å²) in [4.78, 5) is 4.34. The second-order valence-corrected chi connectivity index (χ2v) is 5.72. The predicted octanol–water partition coefficient (Wildman–Crippen LogP) is 3.42. The van der Waals surface area contributed by atoms with Gasteiger partial charge in [0.25, 0.3) is 0 Å². The molecule has 0 atom stereocenters. The minimum absolute atomic E-state index is 0.765. The molecule has 0 aliphatic heterocycles. The van der Waals surface area contributed by atoms with Crippen LogP contribution in [0, 0.1) is 5.92 Å². The summed E-state index contributed by atoms with van der Waals surface area (Å²) in [5.74, 6) is 1.68. The first-order chi connectivity index (χ1) is 5.25. The van der Waals surface area contributed by atoms with Crippen LogP contribution in [0.2, 0.25) is 0 Å². The molecule has 1 aliphatic rings. The smallest absolute Gasteiger partial charge is 0.0967 e. The standard InChI is InChI=1S/C8H10BrNS/c1-5-2-6(3-5)8-10-4-7(9)11-8/h4-6H,2-3H2,1H3. The molecule has 0 unspecified atom stereocenters. The van der Waals surface area contributed by atoms with Crippen LogP contribution in [0.4, 0.5) is 0 Å². The summed E-state index contributed by atoms with van der Waals surface area (Å²) in [7, 11) is 0. The molecule has 1 aliphatic carbocycles. The first-order valence-corrected chi connectivity index (χ1v) is 5.48. The lowest BCUT2D eigenvalue weighted by Gasteiger charge is -2.30. The molecule has 0 N–H and O–H groups in total. The zero-order chi connectivity index (χ0) is 7.84. The van der Waals surface area contributed by atoms with E-state index in [0.717, 1.165) is 15.6 Å². The molecule has 0 spiro atoms. The van der Waals surface area contributed by atoms with Crippen molar-refractivity contribution in [3.8, 4) is 0 Å². The summed E-state index contributed by atoms with van der Waals surface area (Å²) >= 11 is 5.20. The molecule has 0 saturated heterocycles. The van der Waals surface area contributed by atoms with Crippen molar-refractivity contribution in [3.63, 3.8) is 0 Å². The van der Waals surface area contributed by atoms with Gasteiger partial charge in [0.05, 0.1) is 15.0 Å². The number of rotatable bonds is 1. The third-order valence-electron chi connectivity index (χ3n) is 2.22. The molecule has 1 fully saturated rings. The van der Waals surface area contributed by atoms with Crippen LogP contribution in [0.5, 0.6) is 0 Å². The third-order valence-corrected chi connectivity index (χ3v) is 3.86. The van der Waals surface area contributed by atoms with Gasteiger partial charge in [0.1, 0.15) is 0 Å². The number of hydrogen-bond acceptors (Lipinski definition) is 2. The summed E-state index contributed by atoms with van der Waals surface area (Å²) in [6.07, 6.45) is 4.57. The van der Waals surface area contributed by atoms with Crippen LogP contribution in [-0.4, -0.2) is 4.98 Å². The Morgan fingerprint density at radius 1 is 1.64 bits per heavy atom. The Kier molecular flexibility index (Phi) is 2.02. The maximum atomic E-state index is 4.34. The molecule has 2 rings (SSSR count). The van der Waals surface area contributed by atoms with E-state index in [0.29, 0.717) is 0 Å². The van der Waals surface area contributed by atoms with Crippen LogP contribution in [-0.2, 0) is 0 Å². The molecular weight excluding hydrogens is 222 g/mol. The quantitative estimate of drug-likeness (QED) is 0.722. The highest BCUT2D eigenvalue weighted by atomic mass is 79.9. The van der Waals surface area contributed by atoms with Crippen molar-refractivity contribution in [1.29, 1.82) is 0 Å². The summed E-state index contributed by atoms with van der Waals surface area (Å²) < 4.78 is 1.16. The number of halogens is 1. The molecule has 0 amide bonds. The van der Waals surface area contributed by atoms with Gasteiger partial charge in [-0.1, -0.05) is 6.92 Å². The SMILES string of the molecule is CC1CC(c2ncc(Br)s2)C1. The maximum absolute atomic E-state index is 4.34. The predicted molar refractivity (Wildman–Crippen MR) is 51.0 cm³/mol. The zero-order valence-corrected chi connectivity index (χ0v) is 8.78. The molecular formula is C8H10BrNS. The fraction of sp³-hybridized carbons (Fsp3) is 0.625. The normalized spacial score (nSPS) is 30.0. The highest BCUT2D eigenvalue weighted by Crippen LogP contribution is 2.43. The molecule has 60 valence electrons. The molecule has 11 heavy (non-hydrogen) atoms. The second-order valence-electron chi connectivity index (χ2n) is 3.28. The van der Waals surface area contributed by atoms with Gasteiger partial charge in [-0.2, -0.15) is 0 Å². The van der Waals surface area contributed by atoms with Crippen LogP contribution < -0.4 is 0 Å². The minimum Gasteiger partial charge on any atom is -0.248 e. The van der Waals surface area contributed by atoms with Gasteiger partial charge in [-0.25, -0.2) is 4.98 Å². The van der Waals surface area contributed by atoms with Gasteiger partial charge in [0, 0.05) is 5.92 Å². The maximum Gasteiger partial charge on any atom is 0.0967 e. The van der Waals surface area contributed by atoms with Crippen molar-refractivity contribution < 1.29 is 0 Å². The molecule has 1 saturated carbocycles. The van der Waals surface area contributed by atoms with E-state index in [1.165, 1.54) is 17.8 Å². The number of aromatic nitrogens is 1. The first-order valence-electron chi connectivity index (χ1n) is 3.87. The molecule has 1 nitrogen and oxygen atoms in total. The Bertz CT molecular complexity index is 252. The summed E-state index contributed by atoms with van der Waals surface area (Å²) in [6, 6.07) is 0. The van der Waals surface area contributed by atoms with Crippen molar-refractivity contribution in [1.82, 2.24) is 4.98 Å². The number of hydrogen-bond donors (Lipinski definition) is 0. The first kappa shape index (κ1) is 7.74. The van der Waals surface area contributed by atoms with Crippen molar-refractivity contribution in [3.05, 3.63) is 15.0 Å².